The molecule has 0 saturated heterocycles. The second-order valence-corrected chi connectivity index (χ2v) is 9.23. The largest absolute Gasteiger partial charge is 0.0991 e. The minimum absolute atomic E-state index is 1.12. The first-order chi connectivity index (χ1) is 15.1. The molecule has 0 radical (unpaired) electrons. The minimum Gasteiger partial charge on any atom is -0.0991 e. The molecule has 31 heavy (non-hydrogen) atoms. The summed E-state index contributed by atoms with van der Waals surface area (Å²) < 4.78 is 2.27. The zero-order valence-electron chi connectivity index (χ0n) is 17.1. The highest BCUT2D eigenvalue weighted by atomic mass is 79.9. The summed E-state index contributed by atoms with van der Waals surface area (Å²) in [4.78, 5) is 0. The van der Waals surface area contributed by atoms with Gasteiger partial charge in [0, 0.05) is 8.95 Å². The minimum atomic E-state index is 1.12. The van der Waals surface area contributed by atoms with Crippen LogP contribution in [0.3, 0.4) is 0 Å². The van der Waals surface area contributed by atoms with Gasteiger partial charge in [0.15, 0.2) is 0 Å². The average Bonchev–Trinajstić information content (AvgIpc) is 2.81. The second-order valence-electron chi connectivity index (χ2n) is 7.65. The molecule has 0 heterocycles. The Morgan fingerprint density at radius 2 is 1.03 bits per heavy atom. The van der Waals surface area contributed by atoms with Crippen LogP contribution >= 0.6 is 31.9 Å². The molecule has 150 valence electrons. The summed E-state index contributed by atoms with van der Waals surface area (Å²) in [6.45, 7) is 6.09. The molecule has 2 heteroatoms. The van der Waals surface area contributed by atoms with Gasteiger partial charge in [0.25, 0.3) is 0 Å². The van der Waals surface area contributed by atoms with Crippen molar-refractivity contribution in [1.29, 1.82) is 0 Å². The van der Waals surface area contributed by atoms with Crippen LogP contribution in [0.15, 0.2) is 100 Å². The Morgan fingerprint density at radius 1 is 0.613 bits per heavy atom. The molecular weight excluding hydrogens is 508 g/mol. The molecular formula is C29H20Br2. The fourth-order valence-electron chi connectivity index (χ4n) is 4.57. The number of hydrogen-bond acceptors (Lipinski definition) is 0. The van der Waals surface area contributed by atoms with E-state index < -0.39 is 0 Å². The van der Waals surface area contributed by atoms with E-state index in [4.69, 9.17) is 0 Å². The Balaban J connectivity index is 2.08. The molecule has 0 bridgehead atoms. The summed E-state index contributed by atoms with van der Waals surface area (Å²) in [5, 5.41) is 7.42. The predicted octanol–water partition coefficient (Wildman–Crippen LogP) is 9.85. The topological polar surface area (TPSA) is 0 Å². The SMILES string of the molecule is C=C/C=C\c1c(C)c(-c2c3ccccc3c(Br)c3ccccc23)c2ccccc2c1Br. The van der Waals surface area contributed by atoms with Crippen LogP contribution in [0.25, 0.3) is 49.5 Å². The van der Waals surface area contributed by atoms with Crippen LogP contribution in [-0.2, 0) is 0 Å². The molecule has 0 unspecified atom stereocenters. The average molecular weight is 528 g/mol. The Labute approximate surface area is 199 Å². The van der Waals surface area contributed by atoms with Crippen LogP contribution in [0.4, 0.5) is 0 Å². The molecule has 0 nitrogen and oxygen atoms in total. The number of rotatable bonds is 3. The molecule has 0 fully saturated rings. The van der Waals surface area contributed by atoms with Crippen molar-refractivity contribution in [1.82, 2.24) is 0 Å². The summed E-state index contributed by atoms with van der Waals surface area (Å²) in [5.74, 6) is 0. The standard InChI is InChI=1S/C29H20Br2/c1-3-4-11-19-18(2)26(20-12-5-8-15-23(20)28(19)30)27-21-13-6-9-16-24(21)29(31)25-17-10-7-14-22(25)27/h3-17H,1H2,2H3/b11-4-. The van der Waals surface area contributed by atoms with Crippen LogP contribution in [-0.4, -0.2) is 0 Å². The van der Waals surface area contributed by atoms with Gasteiger partial charge < -0.3 is 0 Å². The predicted molar refractivity (Wildman–Crippen MR) is 144 cm³/mol. The number of fused-ring (bicyclic) bond motifs is 3. The number of benzene rings is 5. The Bertz CT molecular complexity index is 1470. The van der Waals surface area contributed by atoms with Crippen molar-refractivity contribution in [3.8, 4) is 11.1 Å². The molecule has 0 N–H and O–H groups in total. The van der Waals surface area contributed by atoms with E-state index in [0.717, 1.165) is 8.95 Å². The van der Waals surface area contributed by atoms with Gasteiger partial charge in [0.05, 0.1) is 0 Å². The van der Waals surface area contributed by atoms with Crippen molar-refractivity contribution >= 4 is 70.3 Å². The lowest BCUT2D eigenvalue weighted by Crippen LogP contribution is -1.95. The molecule has 0 aromatic heterocycles. The van der Waals surface area contributed by atoms with E-state index in [-0.39, 0.29) is 0 Å². The number of hydrogen-bond donors (Lipinski definition) is 0. The van der Waals surface area contributed by atoms with E-state index in [0.29, 0.717) is 0 Å². The smallest absolute Gasteiger partial charge is 0.0332 e. The molecule has 5 aromatic rings. The van der Waals surface area contributed by atoms with Gasteiger partial charge in [0.1, 0.15) is 0 Å². The van der Waals surface area contributed by atoms with Crippen molar-refractivity contribution in [2.45, 2.75) is 6.92 Å². The monoisotopic (exact) mass is 526 g/mol. The molecule has 0 aliphatic heterocycles. The van der Waals surface area contributed by atoms with Gasteiger partial charge in [-0.25, -0.2) is 0 Å². The molecule has 0 aliphatic rings. The van der Waals surface area contributed by atoms with E-state index in [1.807, 2.05) is 12.2 Å². The lowest BCUT2D eigenvalue weighted by molar-refractivity contribution is 1.45. The number of allylic oxidation sites excluding steroid dienone is 2. The van der Waals surface area contributed by atoms with Crippen molar-refractivity contribution < 1.29 is 0 Å². The Kier molecular flexibility index (Phi) is 5.29. The first-order valence-electron chi connectivity index (χ1n) is 10.2. The fourth-order valence-corrected chi connectivity index (χ4v) is 6.03. The lowest BCUT2D eigenvalue weighted by Gasteiger charge is -2.20. The third kappa shape index (κ3) is 3.17. The first kappa shape index (κ1) is 20.2. The van der Waals surface area contributed by atoms with Gasteiger partial charge in [0.2, 0.25) is 0 Å². The van der Waals surface area contributed by atoms with Crippen LogP contribution in [0.1, 0.15) is 11.1 Å². The molecule has 0 spiro atoms. The van der Waals surface area contributed by atoms with Gasteiger partial charge in [-0.2, -0.15) is 0 Å². The molecule has 0 amide bonds. The quantitative estimate of drug-likeness (QED) is 0.162. The highest BCUT2D eigenvalue weighted by molar-refractivity contribution is 9.11. The molecule has 0 atom stereocenters. The highest BCUT2D eigenvalue weighted by Crippen LogP contribution is 2.47. The van der Waals surface area contributed by atoms with Gasteiger partial charge in [-0.1, -0.05) is 97.6 Å². The normalized spacial score (nSPS) is 11.7. The maximum Gasteiger partial charge on any atom is 0.0332 e. The van der Waals surface area contributed by atoms with Crippen LogP contribution < -0.4 is 0 Å². The Morgan fingerprint density at radius 3 is 1.52 bits per heavy atom. The molecule has 0 aliphatic carbocycles. The fraction of sp³-hybridized carbons (Fsp3) is 0.0345. The summed E-state index contributed by atoms with van der Waals surface area (Å²) in [7, 11) is 0. The lowest BCUT2D eigenvalue weighted by atomic mass is 9.85. The van der Waals surface area contributed by atoms with E-state index in [1.54, 1.807) is 0 Å². The second kappa shape index (κ2) is 8.11. The maximum atomic E-state index is 3.89. The van der Waals surface area contributed by atoms with E-state index in [1.165, 1.54) is 54.6 Å². The van der Waals surface area contributed by atoms with E-state index in [9.17, 15) is 0 Å². The van der Waals surface area contributed by atoms with Crippen LogP contribution in [0.5, 0.6) is 0 Å². The summed E-state index contributed by atoms with van der Waals surface area (Å²) in [6.07, 6.45) is 5.97. The summed E-state index contributed by atoms with van der Waals surface area (Å²) in [6, 6.07) is 26.0. The van der Waals surface area contributed by atoms with E-state index >= 15 is 0 Å². The third-order valence-electron chi connectivity index (χ3n) is 5.96. The van der Waals surface area contributed by atoms with Crippen LogP contribution in [0, 0.1) is 6.92 Å². The third-order valence-corrected chi connectivity index (χ3v) is 7.67. The first-order valence-corrected chi connectivity index (χ1v) is 11.8. The van der Waals surface area contributed by atoms with Gasteiger partial charge in [-0.15, -0.1) is 0 Å². The highest BCUT2D eigenvalue weighted by Gasteiger charge is 2.20. The molecule has 0 saturated carbocycles. The van der Waals surface area contributed by atoms with Gasteiger partial charge >= 0.3 is 0 Å². The van der Waals surface area contributed by atoms with Crippen molar-refractivity contribution in [3.05, 3.63) is 112 Å². The summed E-state index contributed by atoms with van der Waals surface area (Å²) >= 11 is 7.78. The Hall–Kier alpha value is -2.68. The van der Waals surface area contributed by atoms with Crippen molar-refractivity contribution in [2.75, 3.05) is 0 Å². The summed E-state index contributed by atoms with van der Waals surface area (Å²) in [5.41, 5.74) is 5.00. The van der Waals surface area contributed by atoms with Gasteiger partial charge in [-0.3, -0.25) is 0 Å². The maximum absolute atomic E-state index is 3.89. The zero-order chi connectivity index (χ0) is 21.5. The molecule has 5 rings (SSSR count). The van der Waals surface area contributed by atoms with Crippen molar-refractivity contribution in [2.24, 2.45) is 0 Å². The van der Waals surface area contributed by atoms with Crippen LogP contribution in [0.2, 0.25) is 0 Å². The van der Waals surface area contributed by atoms with Gasteiger partial charge in [-0.05, 0) is 93.4 Å². The molecule has 5 aromatic carbocycles. The zero-order valence-corrected chi connectivity index (χ0v) is 20.3. The number of halogens is 2. The van der Waals surface area contributed by atoms with Crippen molar-refractivity contribution in [3.63, 3.8) is 0 Å². The van der Waals surface area contributed by atoms with E-state index in [2.05, 4.69) is 124 Å².